The molecule has 0 heterocycles. The van der Waals surface area contributed by atoms with Gasteiger partial charge in [-0.15, -0.1) is 0 Å². The fraction of sp³-hybridized carbons (Fsp3) is 0.480. The van der Waals surface area contributed by atoms with E-state index < -0.39 is 0 Å². The number of aromatic hydroxyl groups is 1. The van der Waals surface area contributed by atoms with Crippen LogP contribution in [0, 0.1) is 11.3 Å². The Morgan fingerprint density at radius 2 is 1.41 bits per heavy atom. The Balaban J connectivity index is 2.66. The summed E-state index contributed by atoms with van der Waals surface area (Å²) in [5.74, 6) is 0.643. The van der Waals surface area contributed by atoms with E-state index in [0.29, 0.717) is 12.2 Å². The Morgan fingerprint density at radius 1 is 0.889 bits per heavy atom. The first-order valence-electron chi connectivity index (χ1n) is 9.85. The largest absolute Gasteiger partial charge is 0.507 e. The number of nitrogens with zero attached hydrogens (tertiary/aromatic N) is 1. The van der Waals surface area contributed by atoms with E-state index in [1.807, 2.05) is 6.07 Å². The molecule has 27 heavy (non-hydrogen) atoms. The van der Waals surface area contributed by atoms with Crippen LogP contribution in [-0.2, 0) is 10.8 Å². The highest BCUT2D eigenvalue weighted by Crippen LogP contribution is 2.42. The van der Waals surface area contributed by atoms with Gasteiger partial charge in [-0.25, -0.2) is 0 Å². The molecule has 144 valence electrons. The summed E-state index contributed by atoms with van der Waals surface area (Å²) in [6.45, 7) is 12.9. The summed E-state index contributed by atoms with van der Waals surface area (Å²) in [5.41, 5.74) is 4.19. The van der Waals surface area contributed by atoms with E-state index in [4.69, 9.17) is 5.26 Å². The number of hydrogen-bond donors (Lipinski definition) is 1. The van der Waals surface area contributed by atoms with Crippen molar-refractivity contribution in [2.45, 2.75) is 77.6 Å². The molecule has 2 aromatic carbocycles. The summed E-state index contributed by atoms with van der Waals surface area (Å²) in [5, 5.41) is 20.0. The molecular weight excluding hydrogens is 330 g/mol. The van der Waals surface area contributed by atoms with Crippen LogP contribution in [0.25, 0.3) is 0 Å². The zero-order chi connectivity index (χ0) is 20.2. The molecule has 0 aliphatic carbocycles. The van der Waals surface area contributed by atoms with E-state index in [0.717, 1.165) is 24.0 Å². The standard InChI is InChI=1S/C25H33NO/c1-24(2,3)21-16-19(17-22(23(21)27)25(4,5)6)20(14-10-11-15-26)18-12-8-7-9-13-18/h7-9,12-13,16-17,20,27H,10-11,14H2,1-6H3/t20-/m0/s1. The minimum Gasteiger partial charge on any atom is -0.507 e. The number of phenolic OH excluding ortho intramolecular Hbond substituents is 1. The molecule has 0 fully saturated rings. The summed E-state index contributed by atoms with van der Waals surface area (Å²) >= 11 is 0. The van der Waals surface area contributed by atoms with Crippen LogP contribution in [0.3, 0.4) is 0 Å². The first-order valence-corrected chi connectivity index (χ1v) is 9.85. The molecular formula is C25H33NO. The van der Waals surface area contributed by atoms with Gasteiger partial charge in [0.15, 0.2) is 0 Å². The Labute approximate surface area is 164 Å². The van der Waals surface area contributed by atoms with Gasteiger partial charge in [-0.05, 0) is 45.9 Å². The maximum Gasteiger partial charge on any atom is 0.123 e. The van der Waals surface area contributed by atoms with Gasteiger partial charge in [0.1, 0.15) is 5.75 Å². The van der Waals surface area contributed by atoms with Crippen LogP contribution in [0.15, 0.2) is 42.5 Å². The fourth-order valence-electron chi connectivity index (χ4n) is 3.60. The summed E-state index contributed by atoms with van der Waals surface area (Å²) in [4.78, 5) is 0. The molecule has 2 rings (SSSR count). The topological polar surface area (TPSA) is 44.0 Å². The lowest BCUT2D eigenvalue weighted by Gasteiger charge is -2.30. The van der Waals surface area contributed by atoms with Gasteiger partial charge in [-0.1, -0.05) is 84.0 Å². The molecule has 1 atom stereocenters. The molecule has 2 heteroatoms. The number of unbranched alkanes of at least 4 members (excludes halogenated alkanes) is 1. The molecule has 2 nitrogen and oxygen atoms in total. The zero-order valence-electron chi connectivity index (χ0n) is 17.6. The van der Waals surface area contributed by atoms with Crippen LogP contribution in [-0.4, -0.2) is 5.11 Å². The average molecular weight is 364 g/mol. The third-order valence-corrected chi connectivity index (χ3v) is 5.13. The molecule has 0 saturated carbocycles. The molecule has 0 radical (unpaired) electrons. The molecule has 0 aliphatic rings. The molecule has 0 unspecified atom stereocenters. The lowest BCUT2D eigenvalue weighted by atomic mass is 9.75. The van der Waals surface area contributed by atoms with Gasteiger partial charge in [0.2, 0.25) is 0 Å². The lowest BCUT2D eigenvalue weighted by Crippen LogP contribution is -2.18. The Bertz CT molecular complexity index is 766. The molecule has 0 amide bonds. The number of nitriles is 1. The Morgan fingerprint density at radius 3 is 1.85 bits per heavy atom. The van der Waals surface area contributed by atoms with Crippen molar-refractivity contribution < 1.29 is 5.11 Å². The number of phenols is 1. The minimum absolute atomic E-state index is 0.145. The van der Waals surface area contributed by atoms with Crippen LogP contribution >= 0.6 is 0 Å². The molecule has 0 bridgehead atoms. The Hall–Kier alpha value is -2.27. The summed E-state index contributed by atoms with van der Waals surface area (Å²) in [6.07, 6.45) is 2.36. The predicted octanol–water partition coefficient (Wildman–Crippen LogP) is 6.81. The van der Waals surface area contributed by atoms with Crippen LogP contribution in [0.1, 0.15) is 89.0 Å². The summed E-state index contributed by atoms with van der Waals surface area (Å²) in [6, 6.07) is 17.1. The first kappa shape index (κ1) is 21.0. The molecule has 0 aliphatic heterocycles. The van der Waals surface area contributed by atoms with Gasteiger partial charge in [0, 0.05) is 12.3 Å². The van der Waals surface area contributed by atoms with Crippen molar-refractivity contribution in [3.8, 4) is 11.8 Å². The maximum absolute atomic E-state index is 11.0. The van der Waals surface area contributed by atoms with Crippen molar-refractivity contribution >= 4 is 0 Å². The van der Waals surface area contributed by atoms with Crippen molar-refractivity contribution in [3.63, 3.8) is 0 Å². The SMILES string of the molecule is CC(C)(C)c1cc([C@@H](CCCC#N)c2ccccc2)cc(C(C)(C)C)c1O. The second-order valence-electron chi connectivity index (χ2n) is 9.48. The Kier molecular flexibility index (Phi) is 6.37. The molecule has 2 aromatic rings. The number of hydrogen-bond acceptors (Lipinski definition) is 2. The van der Waals surface area contributed by atoms with E-state index >= 15 is 0 Å². The van der Waals surface area contributed by atoms with Crippen molar-refractivity contribution in [2.75, 3.05) is 0 Å². The number of benzene rings is 2. The van der Waals surface area contributed by atoms with Crippen molar-refractivity contribution in [1.82, 2.24) is 0 Å². The van der Waals surface area contributed by atoms with Gasteiger partial charge >= 0.3 is 0 Å². The minimum atomic E-state index is -0.145. The second-order valence-corrected chi connectivity index (χ2v) is 9.48. The smallest absolute Gasteiger partial charge is 0.123 e. The fourth-order valence-corrected chi connectivity index (χ4v) is 3.60. The van der Waals surface area contributed by atoms with Crippen LogP contribution in [0.2, 0.25) is 0 Å². The van der Waals surface area contributed by atoms with Gasteiger partial charge in [-0.3, -0.25) is 0 Å². The van der Waals surface area contributed by atoms with Gasteiger partial charge < -0.3 is 5.11 Å². The summed E-state index contributed by atoms with van der Waals surface area (Å²) in [7, 11) is 0. The third kappa shape index (κ3) is 5.13. The van der Waals surface area contributed by atoms with Crippen molar-refractivity contribution in [2.24, 2.45) is 0 Å². The highest BCUT2D eigenvalue weighted by atomic mass is 16.3. The van der Waals surface area contributed by atoms with Crippen LogP contribution in [0.4, 0.5) is 0 Å². The normalized spacial score (nSPS) is 13.2. The second kappa shape index (κ2) is 8.17. The summed E-state index contributed by atoms with van der Waals surface area (Å²) < 4.78 is 0. The average Bonchev–Trinajstić information content (AvgIpc) is 2.58. The highest BCUT2D eigenvalue weighted by Gasteiger charge is 2.28. The first-order chi connectivity index (χ1) is 12.6. The predicted molar refractivity (Wildman–Crippen MR) is 113 cm³/mol. The van der Waals surface area contributed by atoms with Crippen molar-refractivity contribution in [1.29, 1.82) is 5.26 Å². The van der Waals surface area contributed by atoms with E-state index in [1.54, 1.807) is 0 Å². The third-order valence-electron chi connectivity index (χ3n) is 5.13. The lowest BCUT2D eigenvalue weighted by molar-refractivity contribution is 0.422. The quantitative estimate of drug-likeness (QED) is 0.593. The zero-order valence-corrected chi connectivity index (χ0v) is 17.6. The number of rotatable bonds is 5. The van der Waals surface area contributed by atoms with Crippen molar-refractivity contribution in [3.05, 3.63) is 64.7 Å². The van der Waals surface area contributed by atoms with E-state index in [9.17, 15) is 5.11 Å². The van der Waals surface area contributed by atoms with E-state index in [1.165, 1.54) is 11.1 Å². The van der Waals surface area contributed by atoms with Gasteiger partial charge in [0.05, 0.1) is 6.07 Å². The molecule has 1 N–H and O–H groups in total. The highest BCUT2D eigenvalue weighted by molar-refractivity contribution is 5.52. The van der Waals surface area contributed by atoms with Crippen LogP contribution in [0.5, 0.6) is 5.75 Å². The van der Waals surface area contributed by atoms with E-state index in [-0.39, 0.29) is 16.7 Å². The van der Waals surface area contributed by atoms with Gasteiger partial charge in [0.25, 0.3) is 0 Å². The molecule has 0 saturated heterocycles. The molecule has 0 spiro atoms. The van der Waals surface area contributed by atoms with Crippen LogP contribution < -0.4 is 0 Å². The van der Waals surface area contributed by atoms with E-state index in [2.05, 4.69) is 84.0 Å². The monoisotopic (exact) mass is 363 g/mol. The maximum atomic E-state index is 11.0. The molecule has 0 aromatic heterocycles. The van der Waals surface area contributed by atoms with Gasteiger partial charge in [-0.2, -0.15) is 5.26 Å².